The summed E-state index contributed by atoms with van der Waals surface area (Å²) in [6.45, 7) is 0. The van der Waals surface area contributed by atoms with Gasteiger partial charge in [-0.3, -0.25) is 15.1 Å². The Balaban J connectivity index is 2.23. The Morgan fingerprint density at radius 1 is 1.19 bits per heavy atom. The van der Waals surface area contributed by atoms with Crippen LogP contribution in [0.3, 0.4) is 0 Å². The third kappa shape index (κ3) is 3.41. The molecule has 7 nitrogen and oxygen atoms in total. The molecule has 0 heterocycles. The maximum absolute atomic E-state index is 10.9. The third-order valence-corrected chi connectivity index (χ3v) is 2.67. The van der Waals surface area contributed by atoms with Crippen molar-refractivity contribution in [2.45, 2.75) is 0 Å². The van der Waals surface area contributed by atoms with Gasteiger partial charge in [-0.2, -0.15) is 0 Å². The molecule has 0 radical (unpaired) electrons. The van der Waals surface area contributed by atoms with Gasteiger partial charge in [-0.1, -0.05) is 0 Å². The van der Waals surface area contributed by atoms with Gasteiger partial charge in [0.05, 0.1) is 10.6 Å². The van der Waals surface area contributed by atoms with Crippen molar-refractivity contribution < 1.29 is 19.9 Å². The van der Waals surface area contributed by atoms with Gasteiger partial charge < -0.3 is 10.2 Å². The molecular formula is C14H10N2O5. The Morgan fingerprint density at radius 2 is 1.86 bits per heavy atom. The van der Waals surface area contributed by atoms with E-state index >= 15 is 0 Å². The minimum Gasteiger partial charge on any atom is -0.507 e. The van der Waals surface area contributed by atoms with Crippen LogP contribution in [0.1, 0.15) is 15.9 Å². The fraction of sp³-hybridized carbons (Fsp3) is 0. The summed E-state index contributed by atoms with van der Waals surface area (Å²) in [5.41, 5.74) is 0.725. The summed E-state index contributed by atoms with van der Waals surface area (Å²) < 4.78 is 0. The van der Waals surface area contributed by atoms with Gasteiger partial charge in [0, 0.05) is 18.3 Å². The van der Waals surface area contributed by atoms with E-state index in [2.05, 4.69) is 4.99 Å². The lowest BCUT2D eigenvalue weighted by Gasteiger charge is -2.00. The fourth-order valence-electron chi connectivity index (χ4n) is 1.61. The summed E-state index contributed by atoms with van der Waals surface area (Å²) in [7, 11) is 0. The molecule has 0 amide bonds. The Morgan fingerprint density at radius 3 is 2.43 bits per heavy atom. The van der Waals surface area contributed by atoms with Crippen molar-refractivity contribution in [3.63, 3.8) is 0 Å². The molecule has 0 aliphatic rings. The van der Waals surface area contributed by atoms with Crippen LogP contribution in [0.15, 0.2) is 47.5 Å². The van der Waals surface area contributed by atoms with Crippen LogP contribution in [0.2, 0.25) is 0 Å². The molecule has 0 spiro atoms. The maximum atomic E-state index is 10.9. The average molecular weight is 286 g/mol. The molecule has 0 aromatic heterocycles. The number of aromatic hydroxyl groups is 1. The van der Waals surface area contributed by atoms with Crippen molar-refractivity contribution in [3.8, 4) is 5.75 Å². The molecule has 2 aromatic carbocycles. The van der Waals surface area contributed by atoms with Crippen LogP contribution in [-0.2, 0) is 0 Å². The number of phenols is 1. The Bertz CT molecular complexity index is 723. The van der Waals surface area contributed by atoms with Gasteiger partial charge in [0.1, 0.15) is 11.3 Å². The van der Waals surface area contributed by atoms with Gasteiger partial charge in [-0.15, -0.1) is 0 Å². The molecule has 2 rings (SSSR count). The van der Waals surface area contributed by atoms with E-state index in [9.17, 15) is 20.0 Å². The van der Waals surface area contributed by atoms with E-state index < -0.39 is 10.9 Å². The summed E-state index contributed by atoms with van der Waals surface area (Å²) in [4.78, 5) is 25.0. The fourth-order valence-corrected chi connectivity index (χ4v) is 1.61. The molecule has 0 saturated carbocycles. The number of carboxylic acids is 1. The van der Waals surface area contributed by atoms with Crippen LogP contribution in [0.5, 0.6) is 5.75 Å². The molecular weight excluding hydrogens is 276 g/mol. The number of non-ortho nitro benzene ring substituents is 1. The van der Waals surface area contributed by atoms with E-state index in [1.807, 2.05) is 0 Å². The van der Waals surface area contributed by atoms with Crippen LogP contribution < -0.4 is 0 Å². The number of nitrogens with zero attached hydrogens (tertiary/aromatic N) is 2. The quantitative estimate of drug-likeness (QED) is 0.509. The van der Waals surface area contributed by atoms with Crippen molar-refractivity contribution in [1.82, 2.24) is 0 Å². The second-order valence-corrected chi connectivity index (χ2v) is 4.11. The number of hydrogen-bond donors (Lipinski definition) is 2. The molecule has 7 heteroatoms. The van der Waals surface area contributed by atoms with E-state index in [-0.39, 0.29) is 17.0 Å². The number of nitro groups is 1. The lowest BCUT2D eigenvalue weighted by molar-refractivity contribution is -0.384. The molecule has 0 aliphatic carbocycles. The molecule has 0 saturated heterocycles. The number of rotatable bonds is 4. The minimum atomic E-state index is -1.24. The number of carboxylic acid groups (broad SMARTS) is 1. The highest BCUT2D eigenvalue weighted by Crippen LogP contribution is 2.20. The van der Waals surface area contributed by atoms with Gasteiger partial charge in [-0.25, -0.2) is 4.79 Å². The maximum Gasteiger partial charge on any atom is 0.339 e. The summed E-state index contributed by atoms with van der Waals surface area (Å²) in [5.74, 6) is -1.56. The highest BCUT2D eigenvalue weighted by atomic mass is 16.6. The first-order valence-corrected chi connectivity index (χ1v) is 5.82. The monoisotopic (exact) mass is 286 g/mol. The van der Waals surface area contributed by atoms with Crippen LogP contribution >= 0.6 is 0 Å². The summed E-state index contributed by atoms with van der Waals surface area (Å²) in [6.07, 6.45) is 1.41. The van der Waals surface area contributed by atoms with Crippen molar-refractivity contribution >= 4 is 23.6 Å². The van der Waals surface area contributed by atoms with E-state index in [1.165, 1.54) is 48.7 Å². The predicted octanol–water partition coefficient (Wildman–Crippen LogP) is 2.75. The van der Waals surface area contributed by atoms with E-state index in [1.54, 1.807) is 0 Å². The zero-order valence-corrected chi connectivity index (χ0v) is 10.6. The minimum absolute atomic E-state index is 0.0354. The molecule has 21 heavy (non-hydrogen) atoms. The SMILES string of the molecule is O=C(O)c1cc(C=Nc2ccc([N+](=O)[O-])cc2)ccc1O. The molecule has 0 aliphatic heterocycles. The van der Waals surface area contributed by atoms with Crippen LogP contribution in [-0.4, -0.2) is 27.3 Å². The van der Waals surface area contributed by atoms with Crippen LogP contribution in [0.4, 0.5) is 11.4 Å². The molecule has 0 bridgehead atoms. The summed E-state index contributed by atoms with van der Waals surface area (Å²) in [5, 5.41) is 28.8. The van der Waals surface area contributed by atoms with Crippen molar-refractivity contribution in [3.05, 3.63) is 63.7 Å². The van der Waals surface area contributed by atoms with Gasteiger partial charge in [0.25, 0.3) is 5.69 Å². The van der Waals surface area contributed by atoms with Crippen LogP contribution in [0, 0.1) is 10.1 Å². The largest absolute Gasteiger partial charge is 0.507 e. The first-order valence-electron chi connectivity index (χ1n) is 5.82. The first-order chi connectivity index (χ1) is 9.97. The van der Waals surface area contributed by atoms with E-state index in [0.29, 0.717) is 11.3 Å². The lowest BCUT2D eigenvalue weighted by Crippen LogP contribution is -1.97. The van der Waals surface area contributed by atoms with Gasteiger partial charge in [-0.05, 0) is 35.9 Å². The zero-order chi connectivity index (χ0) is 15.4. The second-order valence-electron chi connectivity index (χ2n) is 4.11. The smallest absolute Gasteiger partial charge is 0.339 e. The van der Waals surface area contributed by atoms with Crippen molar-refractivity contribution in [2.24, 2.45) is 4.99 Å². The number of aromatic carboxylic acids is 1. The normalized spacial score (nSPS) is 10.7. The third-order valence-electron chi connectivity index (χ3n) is 2.67. The molecule has 0 atom stereocenters. The molecule has 106 valence electrons. The Kier molecular flexibility index (Phi) is 3.94. The van der Waals surface area contributed by atoms with E-state index in [4.69, 9.17) is 5.11 Å². The Labute approximate surface area is 119 Å². The first kappa shape index (κ1) is 14.2. The Hall–Kier alpha value is -3.22. The average Bonchev–Trinajstić information content (AvgIpc) is 2.46. The molecule has 2 N–H and O–H groups in total. The van der Waals surface area contributed by atoms with Gasteiger partial charge in [0.15, 0.2) is 0 Å². The topological polar surface area (TPSA) is 113 Å². The number of nitro benzene ring substituents is 1. The number of aliphatic imine (C=N–C) groups is 1. The zero-order valence-electron chi connectivity index (χ0n) is 10.6. The number of carbonyl (C=O) groups is 1. The number of benzene rings is 2. The molecule has 0 fully saturated rings. The molecule has 2 aromatic rings. The van der Waals surface area contributed by atoms with Crippen molar-refractivity contribution in [2.75, 3.05) is 0 Å². The number of hydrogen-bond acceptors (Lipinski definition) is 5. The van der Waals surface area contributed by atoms with Gasteiger partial charge in [0.2, 0.25) is 0 Å². The van der Waals surface area contributed by atoms with E-state index in [0.717, 1.165) is 0 Å². The standard InChI is InChI=1S/C14H10N2O5/c17-13-6-1-9(7-12(13)14(18)19)8-15-10-2-4-11(5-3-10)16(20)21/h1-8,17H,(H,18,19). The summed E-state index contributed by atoms with van der Waals surface area (Å²) in [6, 6.07) is 9.67. The second kappa shape index (κ2) is 5.83. The predicted molar refractivity (Wildman–Crippen MR) is 75.4 cm³/mol. The van der Waals surface area contributed by atoms with Crippen LogP contribution in [0.25, 0.3) is 0 Å². The lowest BCUT2D eigenvalue weighted by atomic mass is 10.1. The molecule has 0 unspecified atom stereocenters. The summed E-state index contributed by atoms with van der Waals surface area (Å²) >= 11 is 0. The highest BCUT2D eigenvalue weighted by molar-refractivity contribution is 5.94. The van der Waals surface area contributed by atoms with Crippen molar-refractivity contribution in [1.29, 1.82) is 0 Å². The highest BCUT2D eigenvalue weighted by Gasteiger charge is 2.09. The van der Waals surface area contributed by atoms with Gasteiger partial charge >= 0.3 is 5.97 Å².